The van der Waals surface area contributed by atoms with E-state index in [0.29, 0.717) is 0 Å². The molecular formula is C12H24CaCrFeMoO16Se. The summed E-state index contributed by atoms with van der Waals surface area (Å²) in [6, 6.07) is 0. The zero-order valence-corrected chi connectivity index (χ0v) is 24.6. The Bertz CT molecular complexity index is 412. The summed E-state index contributed by atoms with van der Waals surface area (Å²) in [7, 11) is 0. The number of aliphatic carboxylic acids is 2. The average molecular weight is 747 g/mol. The van der Waals surface area contributed by atoms with Gasteiger partial charge in [0, 0.05) is 55.5 Å². The van der Waals surface area contributed by atoms with Crippen molar-refractivity contribution in [3.63, 3.8) is 0 Å². The van der Waals surface area contributed by atoms with Crippen LogP contribution in [0.2, 0.25) is 0 Å². The molecule has 196 valence electrons. The summed E-state index contributed by atoms with van der Waals surface area (Å²) in [6.45, 7) is -1.73. The van der Waals surface area contributed by atoms with Crippen molar-refractivity contribution in [2.75, 3.05) is 13.2 Å². The van der Waals surface area contributed by atoms with Crippen molar-refractivity contribution in [1.82, 2.24) is 0 Å². The second-order valence-corrected chi connectivity index (χ2v) is 4.99. The van der Waals surface area contributed by atoms with Crippen LogP contribution in [0.15, 0.2) is 0 Å². The van der Waals surface area contributed by atoms with E-state index in [1.165, 1.54) is 0 Å². The third-order valence-electron chi connectivity index (χ3n) is 2.99. The molecule has 21 heteroatoms. The fourth-order valence-corrected chi connectivity index (χ4v) is 1.32. The monoisotopic (exact) mass is 750 g/mol. The van der Waals surface area contributed by atoms with Gasteiger partial charge in [-0.2, -0.15) is 0 Å². The smallest absolute Gasteiger partial charge is 0.870 e. The van der Waals surface area contributed by atoms with Gasteiger partial charge in [0.1, 0.15) is 48.8 Å². The number of carboxylic acids is 2. The molecule has 0 amide bonds. The number of carbonyl (C=O) groups excluding carboxylic acids is 2. The number of carbonyl (C=O) groups is 2. The van der Waals surface area contributed by atoms with E-state index < -0.39 is 74.0 Å². The average Bonchev–Trinajstić information content (AvgIpc) is 2.62. The van der Waals surface area contributed by atoms with Crippen molar-refractivity contribution in [1.29, 1.82) is 0 Å². The molecule has 33 heavy (non-hydrogen) atoms. The molecule has 0 rings (SSSR count). The summed E-state index contributed by atoms with van der Waals surface area (Å²) in [5.41, 5.74) is 0. The van der Waals surface area contributed by atoms with Crippen LogP contribution in [-0.2, 0) is 65.1 Å². The SMILES string of the molecule is O=C([O-])[C@H](O)[C@@H](O)[C@H](O)[C@H](O)CO.O=C([O-])[C@H](O)[C@@H](O)[C@H](O)[C@H](O)CO.[Ca+2].[Cr].[Fe+2].[Mo].[OH-].[OH-].[Se]. The van der Waals surface area contributed by atoms with Gasteiger partial charge in [0.2, 0.25) is 0 Å². The molecule has 0 unspecified atom stereocenters. The number of carboxylic acid groups (broad SMARTS) is 2. The van der Waals surface area contributed by atoms with Crippen LogP contribution in [0.25, 0.3) is 0 Å². The van der Waals surface area contributed by atoms with E-state index in [4.69, 9.17) is 51.1 Å². The summed E-state index contributed by atoms with van der Waals surface area (Å²) < 4.78 is 0. The minimum atomic E-state index is -2.31. The van der Waals surface area contributed by atoms with Gasteiger partial charge in [0.15, 0.2) is 0 Å². The van der Waals surface area contributed by atoms with Crippen molar-refractivity contribution in [3.8, 4) is 0 Å². The van der Waals surface area contributed by atoms with Crippen LogP contribution in [0.4, 0.5) is 0 Å². The first-order valence-corrected chi connectivity index (χ1v) is 6.91. The van der Waals surface area contributed by atoms with Gasteiger partial charge in [-0.25, -0.2) is 0 Å². The normalized spacial score (nSPS) is 16.1. The molecule has 2 radical (unpaired) electrons. The summed E-state index contributed by atoms with van der Waals surface area (Å²) in [5, 5.41) is 107. The minimum absolute atomic E-state index is 0. The van der Waals surface area contributed by atoms with Crippen LogP contribution in [0, 0.1) is 0 Å². The molecule has 0 heterocycles. The molecular weight excluding hydrogens is 723 g/mol. The van der Waals surface area contributed by atoms with E-state index in [1.807, 2.05) is 0 Å². The van der Waals surface area contributed by atoms with E-state index in [2.05, 4.69) is 0 Å². The first kappa shape index (κ1) is 59.8. The Hall–Kier alpha value is 1.98. The van der Waals surface area contributed by atoms with Crippen LogP contribution in [-0.4, -0.2) is 191 Å². The van der Waals surface area contributed by atoms with Gasteiger partial charge < -0.3 is 81.8 Å². The Kier molecular flexibility index (Phi) is 58.0. The Morgan fingerprint density at radius 2 is 0.818 bits per heavy atom. The zero-order chi connectivity index (χ0) is 21.2. The standard InChI is InChI=1S/2C6H12O7.Ca.Cr.Fe.Mo.2H2O.Se/c2*7-1-2(8)3(9)4(10)5(11)6(12)13;;;;;;;/h2*2-5,7-11H,1H2,(H,12,13);;;;;2*1H2;/q;;+2;;+2;;;;/p-4/t2*2-,3-,4+,5-;;;;;;;/m11......./s1. The van der Waals surface area contributed by atoms with E-state index in [0.717, 1.165) is 0 Å². The van der Waals surface area contributed by atoms with Crippen molar-refractivity contribution in [2.45, 2.75) is 48.8 Å². The van der Waals surface area contributed by atoms with Gasteiger partial charge in [0.05, 0.1) is 25.2 Å². The largest absolute Gasteiger partial charge is 2.00 e. The van der Waals surface area contributed by atoms with Crippen molar-refractivity contribution in [3.05, 3.63) is 0 Å². The van der Waals surface area contributed by atoms with Crippen molar-refractivity contribution < 1.29 is 137 Å². The first-order valence-electron chi connectivity index (χ1n) is 6.91. The zero-order valence-electron chi connectivity index (χ0n) is 16.3. The molecule has 0 aromatic carbocycles. The van der Waals surface area contributed by atoms with Gasteiger partial charge in [-0.15, -0.1) is 0 Å². The van der Waals surface area contributed by atoms with Crippen molar-refractivity contribution >= 4 is 66.7 Å². The quantitative estimate of drug-likeness (QED) is 0.0928. The maximum Gasteiger partial charge on any atom is 2.00 e. The van der Waals surface area contributed by atoms with Crippen LogP contribution < -0.4 is 10.2 Å². The van der Waals surface area contributed by atoms with Gasteiger partial charge >= 0.3 is 54.8 Å². The van der Waals surface area contributed by atoms with Gasteiger partial charge in [-0.3, -0.25) is 0 Å². The summed E-state index contributed by atoms with van der Waals surface area (Å²) in [6.07, 6.45) is -16.2. The van der Waals surface area contributed by atoms with E-state index in [1.54, 1.807) is 0 Å². The Balaban J connectivity index is -0.0000000411. The fourth-order valence-electron chi connectivity index (χ4n) is 1.32. The topological polar surface area (TPSA) is 343 Å². The fraction of sp³-hybridized carbons (Fsp3) is 0.833. The molecule has 0 aromatic heterocycles. The predicted octanol–water partition coefficient (Wildman–Crippen LogP) is -10.8. The van der Waals surface area contributed by atoms with Gasteiger partial charge in [0.25, 0.3) is 0 Å². The molecule has 0 aliphatic rings. The Morgan fingerprint density at radius 1 is 0.636 bits per heavy atom. The summed E-state index contributed by atoms with van der Waals surface area (Å²) in [5.74, 6) is -3.95. The first-order chi connectivity index (χ1) is 11.8. The number of hydrogen-bond donors (Lipinski definition) is 10. The number of aliphatic hydroxyl groups excluding tert-OH is 10. The molecule has 0 saturated heterocycles. The van der Waals surface area contributed by atoms with Crippen LogP contribution in [0.3, 0.4) is 0 Å². The van der Waals surface area contributed by atoms with Gasteiger partial charge in [-0.05, 0) is 0 Å². The molecule has 8 atom stereocenters. The van der Waals surface area contributed by atoms with Crippen molar-refractivity contribution in [2.24, 2.45) is 0 Å². The molecule has 16 nitrogen and oxygen atoms in total. The minimum Gasteiger partial charge on any atom is -0.870 e. The molecule has 0 fully saturated rings. The van der Waals surface area contributed by atoms with Crippen LogP contribution in [0.5, 0.6) is 0 Å². The molecule has 0 aromatic rings. The molecule has 0 bridgehead atoms. The summed E-state index contributed by atoms with van der Waals surface area (Å²) in [4.78, 5) is 20.0. The predicted molar refractivity (Wildman–Crippen MR) is 87.6 cm³/mol. The Morgan fingerprint density at radius 3 is 0.939 bits per heavy atom. The molecule has 12 N–H and O–H groups in total. The van der Waals surface area contributed by atoms with E-state index >= 15 is 0 Å². The van der Waals surface area contributed by atoms with Crippen LogP contribution in [0.1, 0.15) is 0 Å². The number of aliphatic hydroxyl groups is 10. The molecule has 0 aliphatic carbocycles. The second-order valence-electron chi connectivity index (χ2n) is 4.99. The third kappa shape index (κ3) is 24.1. The Labute approximate surface area is 263 Å². The molecule has 0 spiro atoms. The second kappa shape index (κ2) is 32.0. The van der Waals surface area contributed by atoms with Crippen LogP contribution >= 0.6 is 0 Å². The molecule has 0 saturated carbocycles. The maximum absolute atomic E-state index is 9.98. The number of hydrogen-bond acceptors (Lipinski definition) is 16. The number of rotatable bonds is 10. The van der Waals surface area contributed by atoms with Gasteiger partial charge in [-0.1, -0.05) is 0 Å². The summed E-state index contributed by atoms with van der Waals surface area (Å²) >= 11 is 0. The molecule has 0 aliphatic heterocycles. The van der Waals surface area contributed by atoms with E-state index in [-0.39, 0.29) is 121 Å². The maximum atomic E-state index is 9.98. The third-order valence-corrected chi connectivity index (χ3v) is 2.99. The van der Waals surface area contributed by atoms with E-state index in [9.17, 15) is 19.8 Å².